The molecule has 2 aromatic rings. The van der Waals surface area contributed by atoms with Crippen molar-refractivity contribution < 1.29 is 26.3 Å². The predicted octanol–water partition coefficient (Wildman–Crippen LogP) is 4.06. The normalized spacial score (nSPS) is 14.9. The number of anilines is 1. The summed E-state index contributed by atoms with van der Waals surface area (Å²) in [7, 11) is -4.13. The van der Waals surface area contributed by atoms with Crippen LogP contribution in [0.2, 0.25) is 0 Å². The third-order valence-corrected chi connectivity index (χ3v) is 5.79. The highest BCUT2D eigenvalue weighted by Gasteiger charge is 2.34. The topological polar surface area (TPSA) is 46.6 Å². The second-order valence-corrected chi connectivity index (χ2v) is 7.84. The van der Waals surface area contributed by atoms with Crippen molar-refractivity contribution in [3.05, 3.63) is 52.5 Å². The van der Waals surface area contributed by atoms with Gasteiger partial charge in [0, 0.05) is 4.47 Å². The Bertz CT molecular complexity index is 884. The van der Waals surface area contributed by atoms with Gasteiger partial charge in [-0.05, 0) is 36.4 Å². The minimum absolute atomic E-state index is 0.0210. The molecule has 0 saturated heterocycles. The lowest BCUT2D eigenvalue weighted by Crippen LogP contribution is -2.38. The third-order valence-electron chi connectivity index (χ3n) is 3.49. The number of fused-ring (bicyclic) bond motifs is 1. The van der Waals surface area contributed by atoms with Crippen LogP contribution in [0.5, 0.6) is 5.75 Å². The van der Waals surface area contributed by atoms with Gasteiger partial charge < -0.3 is 4.74 Å². The van der Waals surface area contributed by atoms with E-state index in [2.05, 4.69) is 15.9 Å². The molecular formula is C15H11BrF3NO3S. The van der Waals surface area contributed by atoms with E-state index >= 15 is 0 Å². The summed E-state index contributed by atoms with van der Waals surface area (Å²) < 4.78 is 71.4. The van der Waals surface area contributed by atoms with E-state index in [1.54, 1.807) is 18.2 Å². The molecule has 0 radical (unpaired) electrons. The molecule has 0 amide bonds. The lowest BCUT2D eigenvalue weighted by atomic mass is 10.2. The summed E-state index contributed by atoms with van der Waals surface area (Å²) in [5.41, 5.74) is -0.713. The first-order valence-corrected chi connectivity index (χ1v) is 9.05. The van der Waals surface area contributed by atoms with Gasteiger partial charge in [-0.1, -0.05) is 22.0 Å². The summed E-state index contributed by atoms with van der Waals surface area (Å²) in [6.45, 7) is 0.134. The molecule has 1 heterocycles. The zero-order valence-electron chi connectivity index (χ0n) is 12.0. The average Bonchev–Trinajstić information content (AvgIpc) is 2.53. The van der Waals surface area contributed by atoms with Crippen LogP contribution in [0.1, 0.15) is 5.56 Å². The molecule has 0 bridgehead atoms. The molecule has 0 fully saturated rings. The number of hydrogen-bond donors (Lipinski definition) is 0. The monoisotopic (exact) mass is 421 g/mol. The smallest absolute Gasteiger partial charge is 0.416 e. The van der Waals surface area contributed by atoms with Gasteiger partial charge in [-0.15, -0.1) is 0 Å². The van der Waals surface area contributed by atoms with Crippen molar-refractivity contribution in [1.29, 1.82) is 0 Å². The summed E-state index contributed by atoms with van der Waals surface area (Å²) in [5.74, 6) is 0.353. The maximum absolute atomic E-state index is 12.8. The van der Waals surface area contributed by atoms with Crippen LogP contribution < -0.4 is 9.04 Å². The number of hydrogen-bond acceptors (Lipinski definition) is 3. The maximum atomic E-state index is 12.8. The highest BCUT2D eigenvalue weighted by molar-refractivity contribution is 9.10. The van der Waals surface area contributed by atoms with E-state index in [0.29, 0.717) is 22.0 Å². The van der Waals surface area contributed by atoms with E-state index in [1.165, 1.54) is 0 Å². The minimum atomic E-state index is -4.61. The van der Waals surface area contributed by atoms with Crippen LogP contribution in [-0.2, 0) is 16.2 Å². The summed E-state index contributed by atoms with van der Waals surface area (Å²) in [6, 6.07) is 8.51. The molecule has 0 spiro atoms. The van der Waals surface area contributed by atoms with Gasteiger partial charge in [0.05, 0.1) is 22.7 Å². The Morgan fingerprint density at radius 2 is 1.88 bits per heavy atom. The SMILES string of the molecule is O=S(=O)(c1cccc(C(F)(F)F)c1)N1CCOc2cc(Br)ccc21. The summed E-state index contributed by atoms with van der Waals surface area (Å²) >= 11 is 3.26. The van der Waals surface area contributed by atoms with Gasteiger partial charge in [-0.3, -0.25) is 4.31 Å². The Morgan fingerprint density at radius 3 is 2.58 bits per heavy atom. The minimum Gasteiger partial charge on any atom is -0.489 e. The Balaban J connectivity index is 2.07. The Morgan fingerprint density at radius 1 is 1.12 bits per heavy atom. The average molecular weight is 422 g/mol. The fraction of sp³-hybridized carbons (Fsp3) is 0.200. The van der Waals surface area contributed by atoms with E-state index in [0.717, 1.165) is 22.5 Å². The van der Waals surface area contributed by atoms with Crippen molar-refractivity contribution in [3.8, 4) is 5.75 Å². The molecule has 128 valence electrons. The first kappa shape index (κ1) is 17.1. The zero-order valence-corrected chi connectivity index (χ0v) is 14.5. The largest absolute Gasteiger partial charge is 0.489 e. The molecule has 0 aliphatic carbocycles. The standard InChI is InChI=1S/C15H11BrF3NO3S/c16-11-4-5-13-14(9-11)23-7-6-20(13)24(21,22)12-3-1-2-10(8-12)15(17,18)19/h1-5,8-9H,6-7H2. The predicted molar refractivity (Wildman–Crippen MR) is 85.6 cm³/mol. The lowest BCUT2D eigenvalue weighted by Gasteiger charge is -2.30. The molecule has 0 saturated carbocycles. The van der Waals surface area contributed by atoms with Crippen molar-refractivity contribution in [2.24, 2.45) is 0 Å². The number of rotatable bonds is 2. The Labute approximate surface area is 145 Å². The quantitative estimate of drug-likeness (QED) is 0.734. The number of alkyl halides is 3. The second-order valence-electron chi connectivity index (χ2n) is 5.06. The van der Waals surface area contributed by atoms with E-state index in [9.17, 15) is 21.6 Å². The van der Waals surface area contributed by atoms with Crippen LogP contribution in [0.4, 0.5) is 18.9 Å². The van der Waals surface area contributed by atoms with Crippen molar-refractivity contribution in [2.45, 2.75) is 11.1 Å². The Hall–Kier alpha value is -1.74. The first-order chi connectivity index (χ1) is 11.2. The fourth-order valence-corrected chi connectivity index (χ4v) is 4.22. The summed E-state index contributed by atoms with van der Waals surface area (Å²) in [4.78, 5) is -0.409. The number of benzene rings is 2. The van der Waals surface area contributed by atoms with Crippen LogP contribution in [0.15, 0.2) is 51.8 Å². The van der Waals surface area contributed by atoms with Gasteiger partial charge in [0.25, 0.3) is 10.0 Å². The molecule has 0 atom stereocenters. The highest BCUT2D eigenvalue weighted by Crippen LogP contribution is 2.38. The van der Waals surface area contributed by atoms with Crippen LogP contribution in [0, 0.1) is 0 Å². The number of ether oxygens (including phenoxy) is 1. The van der Waals surface area contributed by atoms with Crippen molar-refractivity contribution in [1.82, 2.24) is 0 Å². The van der Waals surface area contributed by atoms with Crippen molar-refractivity contribution in [2.75, 3.05) is 17.5 Å². The van der Waals surface area contributed by atoms with E-state index < -0.39 is 26.7 Å². The molecule has 1 aliphatic rings. The van der Waals surface area contributed by atoms with Gasteiger partial charge in [0.2, 0.25) is 0 Å². The van der Waals surface area contributed by atoms with Crippen LogP contribution in [-0.4, -0.2) is 21.6 Å². The van der Waals surface area contributed by atoms with Crippen LogP contribution >= 0.6 is 15.9 Å². The summed E-state index contributed by atoms with van der Waals surface area (Å²) in [5, 5.41) is 0. The van der Waals surface area contributed by atoms with Gasteiger partial charge >= 0.3 is 6.18 Å². The van der Waals surface area contributed by atoms with Gasteiger partial charge in [-0.25, -0.2) is 8.42 Å². The number of sulfonamides is 1. The van der Waals surface area contributed by atoms with Gasteiger partial charge in [0.1, 0.15) is 12.4 Å². The molecule has 4 nitrogen and oxygen atoms in total. The molecule has 9 heteroatoms. The lowest BCUT2D eigenvalue weighted by molar-refractivity contribution is -0.137. The fourth-order valence-electron chi connectivity index (χ4n) is 2.38. The summed E-state index contributed by atoms with van der Waals surface area (Å²) in [6.07, 6.45) is -4.61. The van der Waals surface area contributed by atoms with Crippen molar-refractivity contribution in [3.63, 3.8) is 0 Å². The molecule has 3 rings (SSSR count). The zero-order chi connectivity index (χ0) is 17.5. The third kappa shape index (κ3) is 3.10. The van der Waals surface area contributed by atoms with Crippen molar-refractivity contribution >= 4 is 31.6 Å². The number of nitrogens with zero attached hydrogens (tertiary/aromatic N) is 1. The highest BCUT2D eigenvalue weighted by atomic mass is 79.9. The van der Waals surface area contributed by atoms with E-state index in [4.69, 9.17) is 4.74 Å². The van der Waals surface area contributed by atoms with E-state index in [1.807, 2.05) is 0 Å². The Kier molecular flexibility index (Phi) is 4.25. The molecule has 0 aromatic heterocycles. The molecule has 1 aliphatic heterocycles. The number of halogens is 4. The molecule has 2 aromatic carbocycles. The molecule has 0 unspecified atom stereocenters. The van der Waals surface area contributed by atoms with E-state index in [-0.39, 0.29) is 13.2 Å². The molecular weight excluding hydrogens is 411 g/mol. The van der Waals surface area contributed by atoms with Gasteiger partial charge in [0.15, 0.2) is 0 Å². The molecule has 24 heavy (non-hydrogen) atoms. The van der Waals surface area contributed by atoms with Gasteiger partial charge in [-0.2, -0.15) is 13.2 Å². The maximum Gasteiger partial charge on any atom is 0.416 e. The second kappa shape index (κ2) is 5.96. The van der Waals surface area contributed by atoms with Crippen LogP contribution in [0.3, 0.4) is 0 Å². The first-order valence-electron chi connectivity index (χ1n) is 6.82. The molecule has 0 N–H and O–H groups in total. The van der Waals surface area contributed by atoms with Crippen LogP contribution in [0.25, 0.3) is 0 Å².